The maximum Gasteiger partial charge on any atom is 0.373 e. The quantitative estimate of drug-likeness (QED) is 0.695. The second-order valence-corrected chi connectivity index (χ2v) is 6.62. The van der Waals surface area contributed by atoms with E-state index in [-0.39, 0.29) is 37.2 Å². The van der Waals surface area contributed by atoms with Crippen molar-refractivity contribution in [3.63, 3.8) is 0 Å². The predicted molar refractivity (Wildman–Crippen MR) is 104 cm³/mol. The first-order chi connectivity index (χ1) is 14.0. The van der Waals surface area contributed by atoms with Crippen LogP contribution >= 0.6 is 0 Å². The van der Waals surface area contributed by atoms with Crippen molar-refractivity contribution in [3.05, 3.63) is 70.8 Å². The largest absolute Gasteiger partial charge is 0.463 e. The van der Waals surface area contributed by atoms with Gasteiger partial charge >= 0.3 is 11.9 Å². The minimum Gasteiger partial charge on any atom is -0.463 e. The van der Waals surface area contributed by atoms with Gasteiger partial charge in [0.15, 0.2) is 0 Å². The van der Waals surface area contributed by atoms with Gasteiger partial charge in [0.1, 0.15) is 5.76 Å². The SMILES string of the molecule is CCOC(=O)C1=C(C)N(Cc2ccc(C(=O)OC)o2)C(=O)CC1c1ccccc1. The molecule has 0 aliphatic carbocycles. The molecule has 0 fully saturated rings. The Morgan fingerprint density at radius 1 is 1.14 bits per heavy atom. The fraction of sp³-hybridized carbons (Fsp3) is 0.318. The Morgan fingerprint density at radius 3 is 2.52 bits per heavy atom. The zero-order valence-corrected chi connectivity index (χ0v) is 16.6. The standard InChI is InChI=1S/C22H23NO6/c1-4-28-22(26)20-14(2)23(13-16-10-11-18(29-16)21(25)27-3)19(24)12-17(20)15-8-6-5-7-9-15/h5-11,17H,4,12-13H2,1-3H3. The predicted octanol–water partition coefficient (Wildman–Crippen LogP) is 3.42. The lowest BCUT2D eigenvalue weighted by atomic mass is 9.83. The molecule has 2 heterocycles. The van der Waals surface area contributed by atoms with Crippen molar-refractivity contribution in [2.24, 2.45) is 0 Å². The second kappa shape index (κ2) is 8.77. The summed E-state index contributed by atoms with van der Waals surface area (Å²) in [6.07, 6.45) is 0.139. The number of benzene rings is 1. The molecular formula is C22H23NO6. The van der Waals surface area contributed by atoms with Gasteiger partial charge in [-0.2, -0.15) is 0 Å². The molecule has 7 heteroatoms. The van der Waals surface area contributed by atoms with E-state index < -0.39 is 11.9 Å². The van der Waals surface area contributed by atoms with Crippen LogP contribution in [0.5, 0.6) is 0 Å². The van der Waals surface area contributed by atoms with Crippen molar-refractivity contribution in [3.8, 4) is 0 Å². The van der Waals surface area contributed by atoms with E-state index in [1.54, 1.807) is 19.9 Å². The van der Waals surface area contributed by atoms with Gasteiger partial charge in [-0.3, -0.25) is 4.79 Å². The van der Waals surface area contributed by atoms with Crippen molar-refractivity contribution in [1.82, 2.24) is 4.90 Å². The van der Waals surface area contributed by atoms with E-state index in [1.165, 1.54) is 18.1 Å². The molecule has 2 aromatic rings. The number of allylic oxidation sites excluding steroid dienone is 1. The Balaban J connectivity index is 1.96. The van der Waals surface area contributed by atoms with Gasteiger partial charge in [-0.1, -0.05) is 30.3 Å². The number of carbonyl (C=O) groups is 3. The topological polar surface area (TPSA) is 86.1 Å². The molecule has 1 aromatic carbocycles. The number of carbonyl (C=O) groups excluding carboxylic acids is 3. The zero-order valence-electron chi connectivity index (χ0n) is 16.6. The first-order valence-electron chi connectivity index (χ1n) is 9.36. The average molecular weight is 397 g/mol. The van der Waals surface area contributed by atoms with Gasteiger partial charge in [-0.25, -0.2) is 9.59 Å². The lowest BCUT2D eigenvalue weighted by molar-refractivity contribution is -0.140. The van der Waals surface area contributed by atoms with E-state index in [0.29, 0.717) is 17.0 Å². The minimum absolute atomic E-state index is 0.0568. The normalized spacial score (nSPS) is 16.7. The van der Waals surface area contributed by atoms with E-state index in [0.717, 1.165) is 5.56 Å². The van der Waals surface area contributed by atoms with Gasteiger partial charge in [0.05, 0.1) is 25.8 Å². The summed E-state index contributed by atoms with van der Waals surface area (Å²) in [6, 6.07) is 12.5. The van der Waals surface area contributed by atoms with Gasteiger partial charge < -0.3 is 18.8 Å². The molecule has 0 bridgehead atoms. The molecule has 0 spiro atoms. The second-order valence-electron chi connectivity index (χ2n) is 6.62. The molecule has 1 unspecified atom stereocenters. The Morgan fingerprint density at radius 2 is 1.86 bits per heavy atom. The summed E-state index contributed by atoms with van der Waals surface area (Å²) in [6.45, 7) is 3.81. The van der Waals surface area contributed by atoms with Crippen LogP contribution in [0.1, 0.15) is 48.1 Å². The lowest BCUT2D eigenvalue weighted by Crippen LogP contribution is -2.38. The highest BCUT2D eigenvalue weighted by molar-refractivity contribution is 5.95. The fourth-order valence-electron chi connectivity index (χ4n) is 3.48. The van der Waals surface area contributed by atoms with Crippen LogP contribution in [0.3, 0.4) is 0 Å². The number of rotatable bonds is 6. The third-order valence-corrected chi connectivity index (χ3v) is 4.88. The molecule has 7 nitrogen and oxygen atoms in total. The lowest BCUT2D eigenvalue weighted by Gasteiger charge is -2.34. The van der Waals surface area contributed by atoms with Crippen LogP contribution in [0.15, 0.2) is 58.2 Å². The molecule has 0 saturated carbocycles. The van der Waals surface area contributed by atoms with Crippen LogP contribution < -0.4 is 0 Å². The van der Waals surface area contributed by atoms with Crippen LogP contribution in [-0.2, 0) is 25.6 Å². The molecule has 0 saturated heterocycles. The Hall–Kier alpha value is -3.35. The summed E-state index contributed by atoms with van der Waals surface area (Å²) in [5.41, 5.74) is 1.86. The first-order valence-corrected chi connectivity index (χ1v) is 9.36. The van der Waals surface area contributed by atoms with Crippen LogP contribution in [0, 0.1) is 0 Å². The van der Waals surface area contributed by atoms with Crippen LogP contribution in [-0.4, -0.2) is 36.5 Å². The maximum atomic E-state index is 12.9. The molecule has 1 aliphatic heterocycles. The number of methoxy groups -OCH3 is 1. The summed E-state index contributed by atoms with van der Waals surface area (Å²) < 4.78 is 15.4. The maximum absolute atomic E-state index is 12.9. The Bertz CT molecular complexity index is 943. The fourth-order valence-corrected chi connectivity index (χ4v) is 3.48. The minimum atomic E-state index is -0.593. The molecule has 29 heavy (non-hydrogen) atoms. The number of nitrogens with zero attached hydrogens (tertiary/aromatic N) is 1. The van der Waals surface area contributed by atoms with Crippen molar-refractivity contribution in [1.29, 1.82) is 0 Å². The van der Waals surface area contributed by atoms with Gasteiger partial charge in [-0.15, -0.1) is 0 Å². The van der Waals surface area contributed by atoms with Crippen LogP contribution in [0.2, 0.25) is 0 Å². The molecule has 152 valence electrons. The van der Waals surface area contributed by atoms with E-state index in [9.17, 15) is 14.4 Å². The van der Waals surface area contributed by atoms with E-state index >= 15 is 0 Å². The molecule has 1 atom stereocenters. The Kier molecular flexibility index (Phi) is 6.16. The van der Waals surface area contributed by atoms with E-state index in [1.807, 2.05) is 30.3 Å². The number of amides is 1. The summed E-state index contributed by atoms with van der Waals surface area (Å²) in [5, 5.41) is 0. The molecule has 1 aliphatic rings. The highest BCUT2D eigenvalue weighted by atomic mass is 16.5. The van der Waals surface area contributed by atoms with Crippen molar-refractivity contribution in [2.45, 2.75) is 32.7 Å². The van der Waals surface area contributed by atoms with Gasteiger partial charge in [-0.05, 0) is 31.5 Å². The number of furan rings is 1. The molecule has 1 aromatic heterocycles. The molecule has 0 radical (unpaired) electrons. The summed E-state index contributed by atoms with van der Waals surface area (Å²) in [4.78, 5) is 38.7. The summed E-state index contributed by atoms with van der Waals surface area (Å²) in [5.74, 6) is -1.07. The van der Waals surface area contributed by atoms with Crippen molar-refractivity contribution >= 4 is 17.8 Å². The molecule has 0 N–H and O–H groups in total. The number of hydrogen-bond donors (Lipinski definition) is 0. The van der Waals surface area contributed by atoms with Crippen molar-refractivity contribution < 1.29 is 28.3 Å². The molecule has 3 rings (SSSR count). The van der Waals surface area contributed by atoms with Gasteiger partial charge in [0.25, 0.3) is 0 Å². The van der Waals surface area contributed by atoms with Crippen LogP contribution in [0.4, 0.5) is 0 Å². The summed E-state index contributed by atoms with van der Waals surface area (Å²) >= 11 is 0. The van der Waals surface area contributed by atoms with Gasteiger partial charge in [0, 0.05) is 18.0 Å². The van der Waals surface area contributed by atoms with Crippen molar-refractivity contribution in [2.75, 3.05) is 13.7 Å². The number of esters is 2. The highest BCUT2D eigenvalue weighted by Gasteiger charge is 2.37. The monoisotopic (exact) mass is 397 g/mol. The van der Waals surface area contributed by atoms with Crippen LogP contribution in [0.25, 0.3) is 0 Å². The third kappa shape index (κ3) is 4.23. The molecule has 1 amide bonds. The van der Waals surface area contributed by atoms with E-state index in [2.05, 4.69) is 4.74 Å². The van der Waals surface area contributed by atoms with Gasteiger partial charge in [0.2, 0.25) is 11.7 Å². The zero-order chi connectivity index (χ0) is 21.0. The average Bonchev–Trinajstić information content (AvgIpc) is 3.19. The third-order valence-electron chi connectivity index (χ3n) is 4.88. The van der Waals surface area contributed by atoms with E-state index in [4.69, 9.17) is 9.15 Å². The highest BCUT2D eigenvalue weighted by Crippen LogP contribution is 2.37. The number of ether oxygens (including phenoxy) is 2. The first kappa shape index (κ1) is 20.4. The molecular weight excluding hydrogens is 374 g/mol. The summed E-state index contributed by atoms with van der Waals surface area (Å²) in [7, 11) is 1.26. The number of hydrogen-bond acceptors (Lipinski definition) is 6. The Labute approximate surface area is 168 Å². The smallest absolute Gasteiger partial charge is 0.373 e.